The predicted octanol–water partition coefficient (Wildman–Crippen LogP) is 1.74. The van der Waals surface area contributed by atoms with Gasteiger partial charge in [-0.25, -0.2) is 14.8 Å². The van der Waals surface area contributed by atoms with Crippen LogP contribution >= 0.6 is 15.9 Å². The molecule has 1 aromatic rings. The van der Waals surface area contributed by atoms with Gasteiger partial charge in [0, 0.05) is 12.4 Å². The van der Waals surface area contributed by atoms with Crippen LogP contribution in [0.5, 0.6) is 0 Å². The largest absolute Gasteiger partial charge is 0.444 e. The summed E-state index contributed by atoms with van der Waals surface area (Å²) in [6.45, 7) is 7.08. The summed E-state index contributed by atoms with van der Waals surface area (Å²) >= 11 is 3.28. The molecule has 1 aromatic heterocycles. The third-order valence-electron chi connectivity index (χ3n) is 4.14. The van der Waals surface area contributed by atoms with Crippen molar-refractivity contribution in [2.45, 2.75) is 57.1 Å². The Morgan fingerprint density at radius 3 is 2.25 bits per heavy atom. The molecule has 0 unspecified atom stereocenters. The average Bonchev–Trinajstić information content (AvgIpc) is 2.33. The summed E-state index contributed by atoms with van der Waals surface area (Å²) in [5, 5.41) is 11.0. The molecule has 0 bridgehead atoms. The van der Waals surface area contributed by atoms with Crippen LogP contribution in [-0.2, 0) is 10.3 Å². The monoisotopic (exact) mass is 391 g/mol. The average molecular weight is 392 g/mol. The maximum atomic E-state index is 12.2. The number of nitrogens with zero attached hydrogens (tertiary/aromatic N) is 2. The smallest absolute Gasteiger partial charge is 0.408 e. The lowest BCUT2D eigenvalue weighted by atomic mass is 9.40. The van der Waals surface area contributed by atoms with E-state index in [0.29, 0.717) is 5.82 Å². The lowest BCUT2D eigenvalue weighted by Gasteiger charge is -2.59. The Kier molecular flexibility index (Phi) is 4.83. The summed E-state index contributed by atoms with van der Waals surface area (Å²) in [6.07, 6.45) is 3.16. The zero-order valence-electron chi connectivity index (χ0n) is 14.3. The normalized spacial score (nSPS) is 27.2. The fraction of sp³-hybridized carbons (Fsp3) is 0.667. The van der Waals surface area contributed by atoms with Gasteiger partial charge in [-0.05, 0) is 60.4 Å². The minimum absolute atomic E-state index is 0.282. The van der Waals surface area contributed by atoms with Crippen LogP contribution in [0.15, 0.2) is 16.9 Å². The van der Waals surface area contributed by atoms with E-state index in [0.717, 1.165) is 4.47 Å². The first-order valence-electron chi connectivity index (χ1n) is 7.56. The highest BCUT2D eigenvalue weighted by Gasteiger charge is 2.60. The van der Waals surface area contributed by atoms with Crippen molar-refractivity contribution < 1.29 is 14.6 Å². The first-order valence-corrected chi connectivity index (χ1v) is 8.35. The summed E-state index contributed by atoms with van der Waals surface area (Å²) in [7, 11) is 11.3. The Morgan fingerprint density at radius 1 is 1.33 bits per heavy atom. The van der Waals surface area contributed by atoms with Gasteiger partial charge in [-0.3, -0.25) is 0 Å². The van der Waals surface area contributed by atoms with Gasteiger partial charge in [-0.15, -0.1) is 0 Å². The number of halogens is 1. The molecule has 0 atom stereocenters. The van der Waals surface area contributed by atoms with E-state index in [2.05, 4.69) is 31.2 Å². The molecule has 1 saturated carbocycles. The van der Waals surface area contributed by atoms with Crippen molar-refractivity contribution in [1.29, 1.82) is 0 Å². The number of carbonyl (C=O) groups is 1. The molecular weight excluding hydrogens is 372 g/mol. The third-order valence-corrected chi connectivity index (χ3v) is 4.55. The summed E-state index contributed by atoms with van der Waals surface area (Å²) in [6, 6.07) is 0. The lowest BCUT2D eigenvalue weighted by Crippen LogP contribution is -2.67. The van der Waals surface area contributed by atoms with Crippen molar-refractivity contribution in [3.05, 3.63) is 22.7 Å². The van der Waals surface area contributed by atoms with Crippen molar-refractivity contribution in [2.75, 3.05) is 0 Å². The summed E-state index contributed by atoms with van der Waals surface area (Å²) < 4.78 is 6.05. The van der Waals surface area contributed by atoms with Gasteiger partial charge >= 0.3 is 6.09 Å². The van der Waals surface area contributed by atoms with Gasteiger partial charge < -0.3 is 15.2 Å². The molecule has 1 amide bonds. The van der Waals surface area contributed by atoms with Crippen molar-refractivity contribution in [1.82, 2.24) is 15.3 Å². The van der Waals surface area contributed by atoms with Crippen LogP contribution in [0.3, 0.4) is 0 Å². The van der Waals surface area contributed by atoms with E-state index in [1.807, 2.05) is 0 Å². The molecular formula is C15H20B2BrN3O3. The van der Waals surface area contributed by atoms with Gasteiger partial charge in [0.1, 0.15) is 11.1 Å². The molecule has 4 radical (unpaired) electrons. The number of rotatable bonds is 3. The van der Waals surface area contributed by atoms with Crippen LogP contribution in [-0.4, -0.2) is 47.9 Å². The summed E-state index contributed by atoms with van der Waals surface area (Å²) in [4.78, 5) is 20.8. The number of aromatic nitrogens is 2. The molecule has 0 aromatic carbocycles. The van der Waals surface area contributed by atoms with Crippen molar-refractivity contribution in [3.63, 3.8) is 0 Å². The Labute approximate surface area is 153 Å². The molecule has 1 fully saturated rings. The molecule has 0 spiro atoms. The zero-order valence-corrected chi connectivity index (χ0v) is 15.8. The number of alkyl carbamates (subject to hydrolysis) is 1. The van der Waals surface area contributed by atoms with Crippen molar-refractivity contribution >= 4 is 37.7 Å². The second-order valence-electron chi connectivity index (χ2n) is 7.67. The van der Waals surface area contributed by atoms with E-state index in [1.54, 1.807) is 40.1 Å². The zero-order chi connectivity index (χ0) is 18.4. The Morgan fingerprint density at radius 2 is 1.83 bits per heavy atom. The quantitative estimate of drug-likeness (QED) is 0.767. The van der Waals surface area contributed by atoms with E-state index < -0.39 is 28.0 Å². The van der Waals surface area contributed by atoms with Crippen LogP contribution in [0.1, 0.15) is 46.4 Å². The molecule has 24 heavy (non-hydrogen) atoms. The van der Waals surface area contributed by atoms with Crippen LogP contribution in [0, 0.1) is 5.41 Å². The fourth-order valence-corrected chi connectivity index (χ4v) is 3.13. The first-order chi connectivity index (χ1) is 10.8. The van der Waals surface area contributed by atoms with Gasteiger partial charge in [0.2, 0.25) is 0 Å². The van der Waals surface area contributed by atoms with E-state index in [1.165, 1.54) is 0 Å². The standard InChI is InChI=1S/C15H20B2BrN3O3/c1-12(2,3)24-11(22)21-14(10-19-5-9(18)6-20-10)7-13(4,8-14)15(16,17)23/h5-6,23H,7-8H2,1-4H3,(H,21,22). The minimum atomic E-state index is -1.87. The molecule has 2 rings (SSSR count). The highest BCUT2D eigenvalue weighted by molar-refractivity contribution is 9.10. The number of hydrogen-bond acceptors (Lipinski definition) is 5. The molecule has 0 saturated heterocycles. The van der Waals surface area contributed by atoms with Crippen molar-refractivity contribution in [3.8, 4) is 0 Å². The van der Waals surface area contributed by atoms with Crippen LogP contribution < -0.4 is 5.32 Å². The van der Waals surface area contributed by atoms with Crippen LogP contribution in [0.2, 0.25) is 0 Å². The maximum absolute atomic E-state index is 12.2. The Bertz CT molecular complexity index is 620. The predicted molar refractivity (Wildman–Crippen MR) is 94.6 cm³/mol. The Balaban J connectivity index is 2.28. The second-order valence-corrected chi connectivity index (χ2v) is 8.59. The van der Waals surface area contributed by atoms with Crippen LogP contribution in [0.4, 0.5) is 4.79 Å². The molecule has 126 valence electrons. The highest BCUT2D eigenvalue weighted by Crippen LogP contribution is 2.56. The molecule has 2 N–H and O–H groups in total. The van der Waals surface area contributed by atoms with Gasteiger partial charge in [0.05, 0.1) is 20.2 Å². The third kappa shape index (κ3) is 3.94. The molecule has 1 aliphatic carbocycles. The SMILES string of the molecule is [B]C([B])(O)C1(C)CC(NC(=O)OC(C)(C)C)(c2ncc(Br)cn2)C1. The molecule has 0 aliphatic heterocycles. The van der Waals surface area contributed by atoms with E-state index in [9.17, 15) is 9.90 Å². The highest BCUT2D eigenvalue weighted by atomic mass is 79.9. The topological polar surface area (TPSA) is 84.3 Å². The van der Waals surface area contributed by atoms with Crippen LogP contribution in [0.25, 0.3) is 0 Å². The summed E-state index contributed by atoms with van der Waals surface area (Å²) in [5.74, 6) is 0.415. The van der Waals surface area contributed by atoms with Gasteiger partial charge in [-0.1, -0.05) is 6.92 Å². The first kappa shape index (κ1) is 19.2. The lowest BCUT2D eigenvalue weighted by molar-refractivity contribution is -0.0763. The Hall–Kier alpha value is -1.08. The van der Waals surface area contributed by atoms with Gasteiger partial charge in [0.15, 0.2) is 5.82 Å². The van der Waals surface area contributed by atoms with Crippen molar-refractivity contribution in [2.24, 2.45) is 5.41 Å². The number of aliphatic hydroxyl groups is 1. The van der Waals surface area contributed by atoms with Gasteiger partial charge in [-0.2, -0.15) is 0 Å². The number of ether oxygens (including phenoxy) is 1. The number of nitrogens with one attached hydrogen (secondary N) is 1. The number of amides is 1. The fourth-order valence-electron chi connectivity index (χ4n) is 2.92. The number of hydrogen-bond donors (Lipinski definition) is 2. The molecule has 1 heterocycles. The van der Waals surface area contributed by atoms with E-state index >= 15 is 0 Å². The van der Waals surface area contributed by atoms with Gasteiger partial charge in [0.25, 0.3) is 0 Å². The van der Waals surface area contributed by atoms with E-state index in [-0.39, 0.29) is 12.8 Å². The molecule has 1 aliphatic rings. The summed E-state index contributed by atoms with van der Waals surface area (Å²) in [5.41, 5.74) is -2.33. The number of carbonyl (C=O) groups excluding carboxylic acids is 1. The van der Waals surface area contributed by atoms with E-state index in [4.69, 9.17) is 20.4 Å². The molecule has 9 heteroatoms. The second kappa shape index (κ2) is 6.02. The molecule has 6 nitrogen and oxygen atoms in total. The minimum Gasteiger partial charge on any atom is -0.444 e. The maximum Gasteiger partial charge on any atom is 0.408 e.